The van der Waals surface area contributed by atoms with Crippen molar-refractivity contribution in [1.82, 2.24) is 4.90 Å². The van der Waals surface area contributed by atoms with E-state index in [4.69, 9.17) is 0 Å². The number of carbonyl (C=O) groups is 1. The highest BCUT2D eigenvalue weighted by molar-refractivity contribution is 5.81. The summed E-state index contributed by atoms with van der Waals surface area (Å²) in [6.45, 7) is 7.04. The molecular formula is C15H21NO. The summed E-state index contributed by atoms with van der Waals surface area (Å²) in [4.78, 5) is 14.3. The first kappa shape index (κ1) is 12.2. The second kappa shape index (κ2) is 4.52. The van der Waals surface area contributed by atoms with Crippen LogP contribution in [-0.4, -0.2) is 16.3 Å². The maximum atomic E-state index is 12.3. The van der Waals surface area contributed by atoms with Crippen molar-refractivity contribution in [2.75, 3.05) is 0 Å². The van der Waals surface area contributed by atoms with Gasteiger partial charge in [0.2, 0.25) is 5.91 Å². The molecule has 0 radical (unpaired) electrons. The second-order valence-corrected chi connectivity index (χ2v) is 5.86. The molecule has 2 rings (SSSR count). The molecule has 1 aromatic rings. The molecule has 0 spiro atoms. The number of benzene rings is 1. The van der Waals surface area contributed by atoms with E-state index in [9.17, 15) is 4.79 Å². The number of hydrogen-bond donors (Lipinski definition) is 0. The van der Waals surface area contributed by atoms with Gasteiger partial charge >= 0.3 is 0 Å². The van der Waals surface area contributed by atoms with Crippen LogP contribution in [0.3, 0.4) is 0 Å². The van der Waals surface area contributed by atoms with Gasteiger partial charge in [-0.15, -0.1) is 0 Å². The first-order valence-electron chi connectivity index (χ1n) is 6.34. The second-order valence-electron chi connectivity index (χ2n) is 5.86. The molecule has 2 heteroatoms. The van der Waals surface area contributed by atoms with E-state index < -0.39 is 0 Å². The predicted molar refractivity (Wildman–Crippen MR) is 69.5 cm³/mol. The lowest BCUT2D eigenvalue weighted by molar-refractivity contribution is -0.138. The molecular weight excluding hydrogens is 210 g/mol. The van der Waals surface area contributed by atoms with Crippen LogP contribution in [0.25, 0.3) is 0 Å². The highest BCUT2D eigenvalue weighted by Crippen LogP contribution is 2.34. The molecule has 1 amide bonds. The molecule has 0 N–H and O–H groups in total. The molecule has 1 aromatic carbocycles. The van der Waals surface area contributed by atoms with Crippen LogP contribution in [0.5, 0.6) is 0 Å². The number of rotatable bonds is 3. The van der Waals surface area contributed by atoms with Crippen LogP contribution in [0.15, 0.2) is 30.3 Å². The van der Waals surface area contributed by atoms with Gasteiger partial charge in [-0.3, -0.25) is 4.79 Å². The summed E-state index contributed by atoms with van der Waals surface area (Å²) < 4.78 is 0. The van der Waals surface area contributed by atoms with E-state index in [1.54, 1.807) is 0 Å². The lowest BCUT2D eigenvalue weighted by Gasteiger charge is -2.36. The maximum Gasteiger partial charge on any atom is 0.226 e. The van der Waals surface area contributed by atoms with Gasteiger partial charge < -0.3 is 4.90 Å². The van der Waals surface area contributed by atoms with Gasteiger partial charge in [-0.25, -0.2) is 0 Å². The molecule has 0 unspecified atom stereocenters. The minimum atomic E-state index is -0.102. The zero-order valence-electron chi connectivity index (χ0n) is 10.9. The lowest BCUT2D eigenvalue weighted by atomic mass is 10.0. The van der Waals surface area contributed by atoms with E-state index in [0.29, 0.717) is 5.91 Å². The van der Waals surface area contributed by atoms with E-state index in [2.05, 4.69) is 32.9 Å². The number of nitrogens with zero attached hydrogens (tertiary/aromatic N) is 1. The fourth-order valence-corrected chi connectivity index (χ4v) is 1.96. The summed E-state index contributed by atoms with van der Waals surface area (Å²) in [7, 11) is 0. The zero-order chi connectivity index (χ0) is 12.5. The van der Waals surface area contributed by atoms with Crippen molar-refractivity contribution < 1.29 is 4.79 Å². The minimum absolute atomic E-state index is 0.102. The minimum Gasteiger partial charge on any atom is -0.333 e. The SMILES string of the molecule is CC(C)(C)N(Cc1ccccc1)C(=O)C1CC1. The van der Waals surface area contributed by atoms with Crippen LogP contribution < -0.4 is 0 Å². The Hall–Kier alpha value is -1.31. The molecule has 2 nitrogen and oxygen atoms in total. The normalized spacial score (nSPS) is 15.7. The monoisotopic (exact) mass is 231 g/mol. The van der Waals surface area contributed by atoms with Gasteiger partial charge in [0, 0.05) is 18.0 Å². The standard InChI is InChI=1S/C15H21NO/c1-15(2,3)16(14(17)13-9-10-13)11-12-7-5-4-6-8-12/h4-8,13H,9-11H2,1-3H3. The largest absolute Gasteiger partial charge is 0.333 e. The smallest absolute Gasteiger partial charge is 0.226 e. The van der Waals surface area contributed by atoms with E-state index in [0.717, 1.165) is 19.4 Å². The van der Waals surface area contributed by atoms with Crippen LogP contribution in [0.1, 0.15) is 39.2 Å². The Morgan fingerprint density at radius 1 is 1.24 bits per heavy atom. The first-order valence-corrected chi connectivity index (χ1v) is 6.34. The first-order chi connectivity index (χ1) is 7.98. The van der Waals surface area contributed by atoms with Crippen molar-refractivity contribution >= 4 is 5.91 Å². The van der Waals surface area contributed by atoms with Gasteiger partial charge in [0.1, 0.15) is 0 Å². The van der Waals surface area contributed by atoms with Crippen LogP contribution in [0, 0.1) is 5.92 Å². The molecule has 0 bridgehead atoms. The highest BCUT2D eigenvalue weighted by atomic mass is 16.2. The van der Waals surface area contributed by atoms with Crippen LogP contribution >= 0.6 is 0 Å². The van der Waals surface area contributed by atoms with Crippen LogP contribution in [0.2, 0.25) is 0 Å². The fourth-order valence-electron chi connectivity index (χ4n) is 1.96. The summed E-state index contributed by atoms with van der Waals surface area (Å²) in [5.41, 5.74) is 1.10. The molecule has 1 fully saturated rings. The molecule has 0 atom stereocenters. The Labute approximate surface area is 104 Å². The van der Waals surface area contributed by atoms with Crippen molar-refractivity contribution in [3.05, 3.63) is 35.9 Å². The van der Waals surface area contributed by atoms with Crippen LogP contribution in [0.4, 0.5) is 0 Å². The average Bonchev–Trinajstić information content (AvgIpc) is 3.08. The fraction of sp³-hybridized carbons (Fsp3) is 0.533. The van der Waals surface area contributed by atoms with Gasteiger partial charge in [0.25, 0.3) is 0 Å². The van der Waals surface area contributed by atoms with Gasteiger partial charge in [-0.1, -0.05) is 30.3 Å². The van der Waals surface area contributed by atoms with E-state index in [1.165, 1.54) is 5.56 Å². The molecule has 1 aliphatic rings. The molecule has 1 aliphatic carbocycles. The Morgan fingerprint density at radius 2 is 1.82 bits per heavy atom. The highest BCUT2D eigenvalue weighted by Gasteiger charge is 2.37. The molecule has 0 aromatic heterocycles. The third-order valence-electron chi connectivity index (χ3n) is 3.19. The number of amides is 1. The Balaban J connectivity index is 2.13. The van der Waals surface area contributed by atoms with E-state index in [-0.39, 0.29) is 11.5 Å². The average molecular weight is 231 g/mol. The quantitative estimate of drug-likeness (QED) is 0.782. The Morgan fingerprint density at radius 3 is 2.29 bits per heavy atom. The maximum absolute atomic E-state index is 12.3. The molecule has 92 valence electrons. The summed E-state index contributed by atoms with van der Waals surface area (Å²) in [5, 5.41) is 0. The van der Waals surface area contributed by atoms with Crippen molar-refractivity contribution in [2.45, 2.75) is 45.7 Å². The molecule has 1 saturated carbocycles. The van der Waals surface area contributed by atoms with E-state index in [1.807, 2.05) is 23.1 Å². The predicted octanol–water partition coefficient (Wildman–Crippen LogP) is 3.22. The molecule has 17 heavy (non-hydrogen) atoms. The van der Waals surface area contributed by atoms with Gasteiger partial charge in [-0.05, 0) is 39.2 Å². The van der Waals surface area contributed by atoms with Gasteiger partial charge in [-0.2, -0.15) is 0 Å². The van der Waals surface area contributed by atoms with Crippen molar-refractivity contribution in [1.29, 1.82) is 0 Å². The lowest BCUT2D eigenvalue weighted by Crippen LogP contribution is -2.45. The molecule has 0 aliphatic heterocycles. The summed E-state index contributed by atoms with van der Waals surface area (Å²) in [6, 6.07) is 10.2. The van der Waals surface area contributed by atoms with E-state index >= 15 is 0 Å². The van der Waals surface area contributed by atoms with Crippen molar-refractivity contribution in [3.8, 4) is 0 Å². The van der Waals surface area contributed by atoms with Crippen molar-refractivity contribution in [2.24, 2.45) is 5.92 Å². The summed E-state index contributed by atoms with van der Waals surface area (Å²) >= 11 is 0. The zero-order valence-corrected chi connectivity index (χ0v) is 10.9. The number of hydrogen-bond acceptors (Lipinski definition) is 1. The van der Waals surface area contributed by atoms with Crippen LogP contribution in [-0.2, 0) is 11.3 Å². The topological polar surface area (TPSA) is 20.3 Å². The Bertz CT molecular complexity index is 387. The third-order valence-corrected chi connectivity index (χ3v) is 3.19. The van der Waals surface area contributed by atoms with Gasteiger partial charge in [0.15, 0.2) is 0 Å². The molecule has 0 heterocycles. The molecule has 0 saturated heterocycles. The Kier molecular flexibility index (Phi) is 3.23. The van der Waals surface area contributed by atoms with Crippen molar-refractivity contribution in [3.63, 3.8) is 0 Å². The summed E-state index contributed by atoms with van der Waals surface area (Å²) in [5.74, 6) is 0.610. The number of carbonyl (C=O) groups excluding carboxylic acids is 1. The van der Waals surface area contributed by atoms with Gasteiger partial charge in [0.05, 0.1) is 0 Å². The summed E-state index contributed by atoms with van der Waals surface area (Å²) in [6.07, 6.45) is 2.14. The third kappa shape index (κ3) is 3.09.